The monoisotopic (exact) mass is 481 g/mol. The zero-order valence-electron chi connectivity index (χ0n) is 21.4. The van der Waals surface area contributed by atoms with E-state index in [0.29, 0.717) is 6.04 Å². The maximum atomic E-state index is 11.6. The first-order chi connectivity index (χ1) is 17.3. The smallest absolute Gasteiger partial charge is 0.335 e. The number of hydrogen-bond acceptors (Lipinski definition) is 3. The molecule has 0 unspecified atom stereocenters. The van der Waals surface area contributed by atoms with Gasteiger partial charge in [0.2, 0.25) is 0 Å². The molecule has 1 aliphatic rings. The van der Waals surface area contributed by atoms with Crippen LogP contribution < -0.4 is 5.32 Å². The van der Waals surface area contributed by atoms with E-state index in [4.69, 9.17) is 4.98 Å². The standard InChI is InChI=1S/C31H35N3O2/c1-31(2,3)24-13-15-25(16-14-24)32-20-21-8-7-9-22(18-21)29-33-27-19-23(30(35)36)12-17-28(27)34(29)26-10-5-4-6-11-26/h7-9,12-19,26,32H,4-6,10-11,20H2,1-3H3,(H,35,36). The molecule has 186 valence electrons. The fourth-order valence-corrected chi connectivity index (χ4v) is 5.26. The van der Waals surface area contributed by atoms with Crippen LogP contribution in [0.25, 0.3) is 22.4 Å². The molecule has 0 saturated heterocycles. The normalized spacial score (nSPS) is 14.8. The number of imidazole rings is 1. The fraction of sp³-hybridized carbons (Fsp3) is 0.355. The van der Waals surface area contributed by atoms with Crippen molar-refractivity contribution in [2.75, 3.05) is 5.32 Å². The Balaban J connectivity index is 1.45. The van der Waals surface area contributed by atoms with E-state index < -0.39 is 5.97 Å². The number of nitrogens with one attached hydrogen (secondary N) is 1. The highest BCUT2D eigenvalue weighted by Gasteiger charge is 2.23. The van der Waals surface area contributed by atoms with Crippen molar-refractivity contribution in [1.29, 1.82) is 0 Å². The molecule has 1 heterocycles. The average molecular weight is 482 g/mol. The maximum absolute atomic E-state index is 11.6. The van der Waals surface area contributed by atoms with Crippen LogP contribution in [-0.2, 0) is 12.0 Å². The molecule has 4 aromatic rings. The molecule has 1 aliphatic carbocycles. The summed E-state index contributed by atoms with van der Waals surface area (Å²) in [6, 6.07) is 22.9. The second-order valence-electron chi connectivity index (χ2n) is 11.0. The molecule has 0 amide bonds. The molecule has 1 fully saturated rings. The van der Waals surface area contributed by atoms with Gasteiger partial charge in [0, 0.05) is 23.8 Å². The number of aromatic carboxylic acids is 1. The zero-order chi connectivity index (χ0) is 25.3. The van der Waals surface area contributed by atoms with E-state index in [-0.39, 0.29) is 11.0 Å². The molecular formula is C31H35N3O2. The van der Waals surface area contributed by atoms with Crippen molar-refractivity contribution in [2.24, 2.45) is 0 Å². The number of benzene rings is 3. The van der Waals surface area contributed by atoms with Gasteiger partial charge in [0.05, 0.1) is 16.6 Å². The summed E-state index contributed by atoms with van der Waals surface area (Å²) in [6.45, 7) is 7.40. The molecule has 1 saturated carbocycles. The molecule has 0 spiro atoms. The lowest BCUT2D eigenvalue weighted by Crippen LogP contribution is -2.14. The number of nitrogens with zero attached hydrogens (tertiary/aromatic N) is 2. The summed E-state index contributed by atoms with van der Waals surface area (Å²) in [7, 11) is 0. The van der Waals surface area contributed by atoms with Crippen LogP contribution in [-0.4, -0.2) is 20.6 Å². The molecule has 5 nitrogen and oxygen atoms in total. The van der Waals surface area contributed by atoms with E-state index in [9.17, 15) is 9.90 Å². The van der Waals surface area contributed by atoms with Gasteiger partial charge in [-0.1, -0.05) is 70.4 Å². The van der Waals surface area contributed by atoms with Gasteiger partial charge in [-0.15, -0.1) is 0 Å². The second-order valence-corrected chi connectivity index (χ2v) is 11.0. The second kappa shape index (κ2) is 9.81. The lowest BCUT2D eigenvalue weighted by molar-refractivity contribution is 0.0697. The first-order valence-corrected chi connectivity index (χ1v) is 13.0. The molecule has 0 atom stereocenters. The highest BCUT2D eigenvalue weighted by atomic mass is 16.4. The number of hydrogen-bond donors (Lipinski definition) is 2. The molecule has 3 aromatic carbocycles. The molecule has 2 N–H and O–H groups in total. The largest absolute Gasteiger partial charge is 0.478 e. The van der Waals surface area contributed by atoms with Gasteiger partial charge in [-0.25, -0.2) is 9.78 Å². The molecule has 36 heavy (non-hydrogen) atoms. The van der Waals surface area contributed by atoms with Gasteiger partial charge in [0.1, 0.15) is 5.82 Å². The summed E-state index contributed by atoms with van der Waals surface area (Å²) >= 11 is 0. The SMILES string of the molecule is CC(C)(C)c1ccc(NCc2cccc(-c3nc4cc(C(=O)O)ccc4n3C3CCCCC3)c2)cc1. The number of carboxylic acids is 1. The topological polar surface area (TPSA) is 67.2 Å². The van der Waals surface area contributed by atoms with E-state index in [0.717, 1.165) is 47.5 Å². The third-order valence-electron chi connectivity index (χ3n) is 7.31. The lowest BCUT2D eigenvalue weighted by atomic mass is 9.87. The Hall–Kier alpha value is -3.60. The van der Waals surface area contributed by atoms with Crippen LogP contribution in [0.1, 0.15) is 80.4 Å². The van der Waals surface area contributed by atoms with Gasteiger partial charge in [0.15, 0.2) is 0 Å². The first-order valence-electron chi connectivity index (χ1n) is 13.0. The first kappa shape index (κ1) is 24.1. The predicted molar refractivity (Wildman–Crippen MR) is 147 cm³/mol. The van der Waals surface area contributed by atoms with Crippen molar-refractivity contribution in [3.05, 3.63) is 83.4 Å². The van der Waals surface area contributed by atoms with Crippen LogP contribution in [0, 0.1) is 0 Å². The molecule has 5 rings (SSSR count). The number of fused-ring (bicyclic) bond motifs is 1. The van der Waals surface area contributed by atoms with Crippen LogP contribution in [0.3, 0.4) is 0 Å². The van der Waals surface area contributed by atoms with Gasteiger partial charge in [0.25, 0.3) is 0 Å². The van der Waals surface area contributed by atoms with Gasteiger partial charge >= 0.3 is 5.97 Å². The maximum Gasteiger partial charge on any atom is 0.335 e. The lowest BCUT2D eigenvalue weighted by Gasteiger charge is -2.25. The molecule has 5 heteroatoms. The number of carbonyl (C=O) groups is 1. The minimum atomic E-state index is -0.922. The van der Waals surface area contributed by atoms with Crippen molar-refractivity contribution < 1.29 is 9.90 Å². The number of anilines is 1. The minimum absolute atomic E-state index is 0.141. The average Bonchev–Trinajstić information content (AvgIpc) is 3.27. The van der Waals surface area contributed by atoms with Crippen molar-refractivity contribution in [3.63, 3.8) is 0 Å². The van der Waals surface area contributed by atoms with Crippen molar-refractivity contribution >= 4 is 22.7 Å². The minimum Gasteiger partial charge on any atom is -0.478 e. The van der Waals surface area contributed by atoms with Crippen LogP contribution in [0.15, 0.2) is 66.7 Å². The Morgan fingerprint density at radius 1 is 1.00 bits per heavy atom. The molecule has 0 aliphatic heterocycles. The van der Waals surface area contributed by atoms with Gasteiger partial charge < -0.3 is 15.0 Å². The summed E-state index contributed by atoms with van der Waals surface area (Å²) < 4.78 is 2.36. The van der Waals surface area contributed by atoms with E-state index in [1.807, 2.05) is 6.07 Å². The summed E-state index contributed by atoms with van der Waals surface area (Å²) in [5.74, 6) is 0.00471. The highest BCUT2D eigenvalue weighted by molar-refractivity contribution is 5.93. The zero-order valence-corrected chi connectivity index (χ0v) is 21.4. The van der Waals surface area contributed by atoms with Crippen molar-refractivity contribution in [2.45, 2.75) is 70.9 Å². The molecule has 0 bridgehead atoms. The van der Waals surface area contributed by atoms with E-state index >= 15 is 0 Å². The third-order valence-corrected chi connectivity index (χ3v) is 7.31. The molecular weight excluding hydrogens is 446 g/mol. The summed E-state index contributed by atoms with van der Waals surface area (Å²) in [5, 5.41) is 13.0. The third kappa shape index (κ3) is 5.01. The van der Waals surface area contributed by atoms with Crippen molar-refractivity contribution in [1.82, 2.24) is 9.55 Å². The van der Waals surface area contributed by atoms with Crippen LogP contribution in [0.5, 0.6) is 0 Å². The van der Waals surface area contributed by atoms with Crippen molar-refractivity contribution in [3.8, 4) is 11.4 Å². The Morgan fingerprint density at radius 2 is 1.75 bits per heavy atom. The summed E-state index contributed by atoms with van der Waals surface area (Å²) in [4.78, 5) is 16.5. The van der Waals surface area contributed by atoms with Crippen LogP contribution in [0.4, 0.5) is 5.69 Å². The van der Waals surface area contributed by atoms with E-state index in [1.54, 1.807) is 12.1 Å². The number of rotatable bonds is 6. The van der Waals surface area contributed by atoms with Gasteiger partial charge in [-0.3, -0.25) is 0 Å². The fourth-order valence-electron chi connectivity index (χ4n) is 5.26. The van der Waals surface area contributed by atoms with Crippen LogP contribution >= 0.6 is 0 Å². The Labute approximate surface area is 213 Å². The van der Waals surface area contributed by atoms with E-state index in [2.05, 4.69) is 79.2 Å². The number of carboxylic acid groups (broad SMARTS) is 1. The van der Waals surface area contributed by atoms with Gasteiger partial charge in [-0.05, 0) is 65.8 Å². The van der Waals surface area contributed by atoms with E-state index in [1.165, 1.54) is 30.4 Å². The quantitative estimate of drug-likeness (QED) is 0.295. The molecule has 0 radical (unpaired) electrons. The predicted octanol–water partition coefficient (Wildman–Crippen LogP) is 7.82. The highest BCUT2D eigenvalue weighted by Crippen LogP contribution is 2.36. The van der Waals surface area contributed by atoms with Gasteiger partial charge in [-0.2, -0.15) is 0 Å². The van der Waals surface area contributed by atoms with Crippen LogP contribution in [0.2, 0.25) is 0 Å². The Bertz CT molecular complexity index is 1370. The Kier molecular flexibility index (Phi) is 6.57. The summed E-state index contributed by atoms with van der Waals surface area (Å²) in [5.41, 5.74) is 6.85. The number of aromatic nitrogens is 2. The molecule has 1 aromatic heterocycles. The Morgan fingerprint density at radius 3 is 2.44 bits per heavy atom. The summed E-state index contributed by atoms with van der Waals surface area (Å²) in [6.07, 6.45) is 5.97.